The minimum absolute atomic E-state index is 0.0611. The van der Waals surface area contributed by atoms with Crippen molar-refractivity contribution in [3.8, 4) is 0 Å². The van der Waals surface area contributed by atoms with Crippen molar-refractivity contribution in [3.63, 3.8) is 0 Å². The number of sulfonamides is 1. The van der Waals surface area contributed by atoms with E-state index in [4.69, 9.17) is 17.3 Å². The first-order valence-corrected chi connectivity index (χ1v) is 7.15. The van der Waals surface area contributed by atoms with Crippen molar-refractivity contribution in [1.82, 2.24) is 9.97 Å². The van der Waals surface area contributed by atoms with Gasteiger partial charge in [0.05, 0.1) is 23.6 Å². The summed E-state index contributed by atoms with van der Waals surface area (Å²) in [7, 11) is -3.93. The normalized spacial score (nSPS) is 11.1. The average Bonchev–Trinajstić information content (AvgIpc) is 2.39. The number of carbonyl (C=O) groups excluding carboxylic acids is 1. The third-order valence-corrected chi connectivity index (χ3v) is 3.86. The van der Waals surface area contributed by atoms with Gasteiger partial charge >= 0.3 is 0 Å². The van der Waals surface area contributed by atoms with Gasteiger partial charge in [-0.25, -0.2) is 18.4 Å². The van der Waals surface area contributed by atoms with E-state index in [1.807, 2.05) is 0 Å². The quantitative estimate of drug-likeness (QED) is 0.818. The summed E-state index contributed by atoms with van der Waals surface area (Å²) in [5.74, 6) is -0.740. The fourth-order valence-corrected chi connectivity index (χ4v) is 2.50. The maximum Gasteiger partial charge on any atom is 0.264 e. The van der Waals surface area contributed by atoms with Gasteiger partial charge in [0.15, 0.2) is 0 Å². The van der Waals surface area contributed by atoms with Crippen molar-refractivity contribution < 1.29 is 13.2 Å². The number of aromatic nitrogens is 2. The zero-order valence-corrected chi connectivity index (χ0v) is 11.5. The first-order chi connectivity index (χ1) is 9.40. The number of carbonyl (C=O) groups is 1. The summed E-state index contributed by atoms with van der Waals surface area (Å²) in [6.45, 7) is 0. The van der Waals surface area contributed by atoms with Gasteiger partial charge in [-0.15, -0.1) is 0 Å². The van der Waals surface area contributed by atoms with Gasteiger partial charge in [0.25, 0.3) is 15.9 Å². The Morgan fingerprint density at radius 2 is 1.80 bits per heavy atom. The van der Waals surface area contributed by atoms with Crippen molar-refractivity contribution in [2.45, 2.75) is 4.90 Å². The van der Waals surface area contributed by atoms with E-state index in [-0.39, 0.29) is 21.4 Å². The summed E-state index contributed by atoms with van der Waals surface area (Å²) >= 11 is 5.49. The van der Waals surface area contributed by atoms with E-state index in [0.29, 0.717) is 0 Å². The Morgan fingerprint density at radius 1 is 1.20 bits per heavy atom. The number of nitrogens with zero attached hydrogens (tertiary/aromatic N) is 2. The predicted molar refractivity (Wildman–Crippen MR) is 72.8 cm³/mol. The Bertz CT molecular complexity index is 747. The standard InChI is InChI=1S/C11H9ClN4O3S/c12-11-14-5-7(6-15-11)20(18,19)16-9-4-2-1-3-8(9)10(13)17/h1-6,16H,(H2,13,17). The van der Waals surface area contributed by atoms with Crippen LogP contribution in [0.25, 0.3) is 0 Å². The van der Waals surface area contributed by atoms with E-state index < -0.39 is 15.9 Å². The Hall–Kier alpha value is -2.19. The summed E-state index contributed by atoms with van der Waals surface area (Å²) in [6, 6.07) is 5.99. The molecule has 0 bridgehead atoms. The molecule has 0 saturated carbocycles. The van der Waals surface area contributed by atoms with Gasteiger partial charge in [0.2, 0.25) is 5.28 Å². The van der Waals surface area contributed by atoms with Crippen LogP contribution in [0.4, 0.5) is 5.69 Å². The van der Waals surface area contributed by atoms with Crippen LogP contribution in [0.2, 0.25) is 5.28 Å². The van der Waals surface area contributed by atoms with Crippen LogP contribution in [-0.4, -0.2) is 24.3 Å². The maximum atomic E-state index is 12.1. The molecule has 0 unspecified atom stereocenters. The predicted octanol–water partition coefficient (Wildman–Crippen LogP) is 1.03. The third-order valence-electron chi connectivity index (χ3n) is 2.34. The highest BCUT2D eigenvalue weighted by Crippen LogP contribution is 2.19. The van der Waals surface area contributed by atoms with Gasteiger partial charge in [-0.1, -0.05) is 12.1 Å². The lowest BCUT2D eigenvalue weighted by Gasteiger charge is -2.10. The number of rotatable bonds is 4. The molecule has 0 aliphatic heterocycles. The highest BCUT2D eigenvalue weighted by molar-refractivity contribution is 7.92. The SMILES string of the molecule is NC(=O)c1ccccc1NS(=O)(=O)c1cnc(Cl)nc1. The van der Waals surface area contributed by atoms with Crippen molar-refractivity contribution >= 4 is 33.2 Å². The molecule has 0 saturated heterocycles. The zero-order chi connectivity index (χ0) is 14.8. The van der Waals surface area contributed by atoms with E-state index in [1.165, 1.54) is 12.1 Å². The van der Waals surface area contributed by atoms with Crippen LogP contribution in [0, 0.1) is 0 Å². The Kier molecular flexibility index (Phi) is 3.86. The van der Waals surface area contributed by atoms with E-state index >= 15 is 0 Å². The molecule has 7 nitrogen and oxygen atoms in total. The van der Waals surface area contributed by atoms with Crippen LogP contribution >= 0.6 is 11.6 Å². The number of benzene rings is 1. The molecule has 0 spiro atoms. The van der Waals surface area contributed by atoms with E-state index in [2.05, 4.69) is 14.7 Å². The van der Waals surface area contributed by atoms with Gasteiger partial charge in [0, 0.05) is 0 Å². The van der Waals surface area contributed by atoms with Crippen LogP contribution in [0.1, 0.15) is 10.4 Å². The minimum Gasteiger partial charge on any atom is -0.366 e. The van der Waals surface area contributed by atoms with Crippen molar-refractivity contribution in [1.29, 1.82) is 0 Å². The van der Waals surface area contributed by atoms with Crippen molar-refractivity contribution in [3.05, 3.63) is 47.5 Å². The first kappa shape index (κ1) is 14.2. The van der Waals surface area contributed by atoms with E-state index in [0.717, 1.165) is 12.4 Å². The molecule has 9 heteroatoms. The lowest BCUT2D eigenvalue weighted by molar-refractivity contribution is 0.100. The number of primary amides is 1. The van der Waals surface area contributed by atoms with Gasteiger partial charge < -0.3 is 5.73 Å². The number of anilines is 1. The molecule has 2 rings (SSSR count). The van der Waals surface area contributed by atoms with E-state index in [9.17, 15) is 13.2 Å². The molecule has 1 aromatic heterocycles. The second kappa shape index (κ2) is 5.43. The molecule has 1 heterocycles. The lowest BCUT2D eigenvalue weighted by Crippen LogP contribution is -2.18. The van der Waals surface area contributed by atoms with Gasteiger partial charge in [0.1, 0.15) is 4.90 Å². The molecular formula is C11H9ClN4O3S. The van der Waals surface area contributed by atoms with Gasteiger partial charge in [-0.2, -0.15) is 0 Å². The largest absolute Gasteiger partial charge is 0.366 e. The summed E-state index contributed by atoms with van der Waals surface area (Å²) < 4.78 is 26.5. The van der Waals surface area contributed by atoms with Crippen LogP contribution < -0.4 is 10.5 Å². The summed E-state index contributed by atoms with van der Waals surface area (Å²) in [4.78, 5) is 18.2. The number of nitrogens with one attached hydrogen (secondary N) is 1. The van der Waals surface area contributed by atoms with Gasteiger partial charge in [-0.05, 0) is 23.7 Å². The molecule has 0 radical (unpaired) electrons. The fraction of sp³-hybridized carbons (Fsp3) is 0. The number of amides is 1. The zero-order valence-electron chi connectivity index (χ0n) is 9.95. The number of para-hydroxylation sites is 1. The summed E-state index contributed by atoms with van der Waals surface area (Å²) in [5.41, 5.74) is 5.32. The topological polar surface area (TPSA) is 115 Å². The highest BCUT2D eigenvalue weighted by atomic mass is 35.5. The smallest absolute Gasteiger partial charge is 0.264 e. The van der Waals surface area contributed by atoms with Crippen LogP contribution in [0.15, 0.2) is 41.6 Å². The second-order valence-corrected chi connectivity index (χ2v) is 5.72. The van der Waals surface area contributed by atoms with Crippen LogP contribution in [-0.2, 0) is 10.0 Å². The molecule has 2 aromatic rings. The Labute approximate surface area is 119 Å². The number of nitrogens with two attached hydrogens (primary N) is 1. The molecule has 0 fully saturated rings. The average molecular weight is 313 g/mol. The molecule has 0 aliphatic carbocycles. The molecule has 1 aromatic carbocycles. The third kappa shape index (κ3) is 3.03. The van der Waals surface area contributed by atoms with Crippen molar-refractivity contribution in [2.24, 2.45) is 5.73 Å². The summed E-state index contributed by atoms with van der Waals surface area (Å²) in [5, 5.41) is -0.0681. The fourth-order valence-electron chi connectivity index (χ4n) is 1.43. The molecule has 3 N–H and O–H groups in total. The second-order valence-electron chi connectivity index (χ2n) is 3.70. The highest BCUT2D eigenvalue weighted by Gasteiger charge is 2.18. The molecule has 20 heavy (non-hydrogen) atoms. The molecule has 1 amide bonds. The lowest BCUT2D eigenvalue weighted by atomic mass is 10.2. The maximum absolute atomic E-state index is 12.1. The monoisotopic (exact) mass is 312 g/mol. The molecule has 0 atom stereocenters. The van der Waals surface area contributed by atoms with Gasteiger partial charge in [-0.3, -0.25) is 9.52 Å². The number of hydrogen-bond donors (Lipinski definition) is 2. The summed E-state index contributed by atoms with van der Waals surface area (Å²) in [6.07, 6.45) is 2.12. The Balaban J connectivity index is 2.38. The molecular weight excluding hydrogens is 304 g/mol. The van der Waals surface area contributed by atoms with E-state index in [1.54, 1.807) is 12.1 Å². The molecule has 104 valence electrons. The molecule has 0 aliphatic rings. The first-order valence-electron chi connectivity index (χ1n) is 5.29. The minimum atomic E-state index is -3.93. The van der Waals surface area contributed by atoms with Crippen molar-refractivity contribution in [2.75, 3.05) is 4.72 Å². The number of hydrogen-bond acceptors (Lipinski definition) is 5. The van der Waals surface area contributed by atoms with Crippen LogP contribution in [0.5, 0.6) is 0 Å². The Morgan fingerprint density at radius 3 is 2.40 bits per heavy atom. The number of halogens is 1. The van der Waals surface area contributed by atoms with Crippen LogP contribution in [0.3, 0.4) is 0 Å².